The summed E-state index contributed by atoms with van der Waals surface area (Å²) in [6.45, 7) is 11.9. The average Bonchev–Trinajstić information content (AvgIpc) is 2.68. The number of Topliss-reactive ketones (excluding diaryl/α,β-unsaturated/α-hetero) is 1. The number of ether oxygens (including phenoxy) is 1. The zero-order valence-corrected chi connectivity index (χ0v) is 20.4. The number of carbonyl (C=O) groups is 3. The Morgan fingerprint density at radius 2 is 1.88 bits per heavy atom. The molecule has 1 aromatic rings. The maximum absolute atomic E-state index is 13.0. The third kappa shape index (κ3) is 4.35. The van der Waals surface area contributed by atoms with E-state index in [-0.39, 0.29) is 46.3 Å². The van der Waals surface area contributed by atoms with E-state index < -0.39 is 5.41 Å². The summed E-state index contributed by atoms with van der Waals surface area (Å²) >= 11 is 0. The van der Waals surface area contributed by atoms with Crippen LogP contribution in [0.1, 0.15) is 89.1 Å². The predicted octanol–water partition coefficient (Wildman–Crippen LogP) is 5.65. The van der Waals surface area contributed by atoms with Gasteiger partial charge in [-0.2, -0.15) is 0 Å². The number of esters is 1. The number of aryl methyl sites for hydroxylation is 1. The first-order valence-electron chi connectivity index (χ1n) is 11.8. The van der Waals surface area contributed by atoms with Crippen molar-refractivity contribution in [3.63, 3.8) is 0 Å². The highest BCUT2D eigenvalue weighted by molar-refractivity contribution is 5.96. The number of hydrogen-bond acceptors (Lipinski definition) is 5. The zero-order chi connectivity index (χ0) is 23.9. The van der Waals surface area contributed by atoms with E-state index in [2.05, 4.69) is 20.8 Å². The van der Waals surface area contributed by atoms with E-state index in [9.17, 15) is 19.5 Å². The molecule has 1 unspecified atom stereocenters. The number of aldehydes is 1. The van der Waals surface area contributed by atoms with Crippen molar-refractivity contribution < 1.29 is 24.2 Å². The lowest BCUT2D eigenvalue weighted by molar-refractivity contribution is -0.202. The van der Waals surface area contributed by atoms with Crippen molar-refractivity contribution in [2.75, 3.05) is 0 Å². The van der Waals surface area contributed by atoms with Crippen LogP contribution >= 0.6 is 0 Å². The van der Waals surface area contributed by atoms with Gasteiger partial charge in [0, 0.05) is 30.2 Å². The number of aromatic hydroxyl groups is 1. The molecule has 0 amide bonds. The SMILES string of the molecule is CC(=O)O[C@@H]1C[C@@](C)(C=O)[C@H](CCC(=O)c2ccc(C)c(O)c2)[C@@]2(C)CCCC(C)(C)C12. The van der Waals surface area contributed by atoms with E-state index in [0.29, 0.717) is 24.8 Å². The quantitative estimate of drug-likeness (QED) is 0.350. The molecule has 176 valence electrons. The van der Waals surface area contributed by atoms with E-state index in [1.165, 1.54) is 13.0 Å². The number of fused-ring (bicyclic) bond motifs is 1. The highest BCUT2D eigenvalue weighted by atomic mass is 16.5. The van der Waals surface area contributed by atoms with Crippen molar-refractivity contribution in [1.29, 1.82) is 0 Å². The van der Waals surface area contributed by atoms with Crippen molar-refractivity contribution in [2.24, 2.45) is 28.1 Å². The van der Waals surface area contributed by atoms with Crippen LogP contribution in [-0.2, 0) is 14.3 Å². The van der Waals surface area contributed by atoms with Gasteiger partial charge in [0.15, 0.2) is 5.78 Å². The van der Waals surface area contributed by atoms with E-state index in [0.717, 1.165) is 31.1 Å². The molecule has 0 saturated heterocycles. The van der Waals surface area contributed by atoms with Crippen LogP contribution in [0.2, 0.25) is 0 Å². The van der Waals surface area contributed by atoms with Crippen LogP contribution in [0.3, 0.4) is 0 Å². The van der Waals surface area contributed by atoms with Crippen LogP contribution in [-0.4, -0.2) is 29.2 Å². The highest BCUT2D eigenvalue weighted by Gasteiger charge is 2.62. The van der Waals surface area contributed by atoms with Crippen molar-refractivity contribution in [3.05, 3.63) is 29.3 Å². The second-order valence-electron chi connectivity index (χ2n) is 11.3. The molecule has 0 spiro atoms. The van der Waals surface area contributed by atoms with Gasteiger partial charge in [-0.15, -0.1) is 0 Å². The number of ketones is 1. The molecule has 2 aliphatic carbocycles. The Morgan fingerprint density at radius 3 is 2.47 bits per heavy atom. The predicted molar refractivity (Wildman–Crippen MR) is 123 cm³/mol. The summed E-state index contributed by atoms with van der Waals surface area (Å²) in [5, 5.41) is 10.0. The molecule has 1 aromatic carbocycles. The van der Waals surface area contributed by atoms with Gasteiger partial charge >= 0.3 is 5.97 Å². The minimum absolute atomic E-state index is 0.00637. The fourth-order valence-electron chi connectivity index (χ4n) is 7.21. The van der Waals surface area contributed by atoms with Gasteiger partial charge in [0.05, 0.1) is 0 Å². The summed E-state index contributed by atoms with van der Waals surface area (Å²) in [7, 11) is 0. The van der Waals surface area contributed by atoms with Crippen LogP contribution in [0.4, 0.5) is 0 Å². The van der Waals surface area contributed by atoms with Gasteiger partial charge in [0.1, 0.15) is 18.1 Å². The van der Waals surface area contributed by atoms with Crippen molar-refractivity contribution >= 4 is 18.0 Å². The maximum atomic E-state index is 13.0. The van der Waals surface area contributed by atoms with E-state index in [4.69, 9.17) is 4.74 Å². The molecule has 0 aliphatic heterocycles. The first-order chi connectivity index (χ1) is 14.8. The van der Waals surface area contributed by atoms with Crippen molar-refractivity contribution in [2.45, 2.75) is 86.2 Å². The van der Waals surface area contributed by atoms with Gasteiger partial charge in [0.2, 0.25) is 0 Å². The second kappa shape index (κ2) is 8.64. The molecule has 0 aromatic heterocycles. The van der Waals surface area contributed by atoms with Crippen LogP contribution < -0.4 is 0 Å². The molecular weight excluding hydrogens is 404 g/mol. The molecule has 3 rings (SSSR count). The summed E-state index contributed by atoms with van der Waals surface area (Å²) in [6, 6.07) is 5.04. The molecule has 32 heavy (non-hydrogen) atoms. The Labute approximate surface area is 191 Å². The third-order valence-corrected chi connectivity index (χ3v) is 8.47. The number of phenolic OH excluding ortho intramolecular Hbond substituents is 1. The van der Waals surface area contributed by atoms with Crippen molar-refractivity contribution in [3.8, 4) is 5.75 Å². The van der Waals surface area contributed by atoms with E-state index in [1.54, 1.807) is 19.1 Å². The Bertz CT molecular complexity index is 903. The smallest absolute Gasteiger partial charge is 0.302 e. The van der Waals surface area contributed by atoms with Crippen LogP contribution in [0, 0.1) is 35.0 Å². The molecule has 5 nitrogen and oxygen atoms in total. The normalized spacial score (nSPS) is 33.8. The highest BCUT2D eigenvalue weighted by Crippen LogP contribution is 2.65. The molecule has 5 heteroatoms. The summed E-state index contributed by atoms with van der Waals surface area (Å²) in [6.07, 6.45) is 5.19. The van der Waals surface area contributed by atoms with E-state index in [1.807, 2.05) is 6.92 Å². The first kappa shape index (κ1) is 24.5. The minimum Gasteiger partial charge on any atom is -0.508 e. The number of carbonyl (C=O) groups excluding carboxylic acids is 3. The maximum Gasteiger partial charge on any atom is 0.302 e. The fourth-order valence-corrected chi connectivity index (χ4v) is 7.21. The van der Waals surface area contributed by atoms with Gasteiger partial charge in [0.25, 0.3) is 0 Å². The molecule has 0 bridgehead atoms. The Hall–Kier alpha value is -2.17. The summed E-state index contributed by atoms with van der Waals surface area (Å²) < 4.78 is 5.83. The van der Waals surface area contributed by atoms with Crippen molar-refractivity contribution in [1.82, 2.24) is 0 Å². The fraction of sp³-hybridized carbons (Fsp3) is 0.667. The molecular formula is C27H38O5. The standard InChI is InChI=1S/C27H38O5/c1-17-8-9-19(14-21(17)31)20(30)10-11-23-26(5,16-28)15-22(32-18(2)29)24-25(3,4)12-7-13-27(23,24)6/h8-9,14,16,22-24,31H,7,10-13,15H2,1-6H3/t22-,23+,24?,26+,27-/m1/s1. The minimum atomic E-state index is -0.672. The number of benzene rings is 1. The Morgan fingerprint density at radius 1 is 1.19 bits per heavy atom. The lowest BCUT2D eigenvalue weighted by Crippen LogP contribution is -2.61. The average molecular weight is 443 g/mol. The largest absolute Gasteiger partial charge is 0.508 e. The van der Waals surface area contributed by atoms with Gasteiger partial charge in [-0.1, -0.05) is 46.2 Å². The van der Waals surface area contributed by atoms with Crippen LogP contribution in [0.5, 0.6) is 5.75 Å². The second-order valence-corrected chi connectivity index (χ2v) is 11.3. The number of hydrogen-bond donors (Lipinski definition) is 1. The lowest BCUT2D eigenvalue weighted by atomic mass is 9.42. The first-order valence-corrected chi connectivity index (χ1v) is 11.8. The summed E-state index contributed by atoms with van der Waals surface area (Å²) in [5.41, 5.74) is 0.321. The van der Waals surface area contributed by atoms with E-state index >= 15 is 0 Å². The third-order valence-electron chi connectivity index (χ3n) is 8.47. The van der Waals surface area contributed by atoms with Gasteiger partial charge in [-0.3, -0.25) is 9.59 Å². The summed E-state index contributed by atoms with van der Waals surface area (Å²) in [5.74, 6) is -0.0711. The lowest BCUT2D eigenvalue weighted by Gasteiger charge is -2.63. The molecule has 2 aliphatic rings. The summed E-state index contributed by atoms with van der Waals surface area (Å²) in [4.78, 5) is 37.4. The number of phenols is 1. The Balaban J connectivity index is 1.93. The molecule has 2 saturated carbocycles. The molecule has 1 N–H and O–H groups in total. The van der Waals surface area contributed by atoms with Crippen LogP contribution in [0.15, 0.2) is 18.2 Å². The molecule has 2 fully saturated rings. The van der Waals surface area contributed by atoms with Gasteiger partial charge in [-0.05, 0) is 61.0 Å². The van der Waals surface area contributed by atoms with Gasteiger partial charge in [-0.25, -0.2) is 0 Å². The molecule has 5 atom stereocenters. The zero-order valence-electron chi connectivity index (χ0n) is 20.4. The van der Waals surface area contributed by atoms with Gasteiger partial charge < -0.3 is 14.6 Å². The molecule has 0 heterocycles. The monoisotopic (exact) mass is 442 g/mol. The molecule has 0 radical (unpaired) electrons. The topological polar surface area (TPSA) is 80.7 Å². The number of rotatable bonds is 6. The van der Waals surface area contributed by atoms with Crippen LogP contribution in [0.25, 0.3) is 0 Å². The Kier molecular flexibility index (Phi) is 6.61.